The smallest absolute Gasteiger partial charge is 0.345 e. The summed E-state index contributed by atoms with van der Waals surface area (Å²) in [6.45, 7) is 5.66. The number of anilines is 1. The molecule has 156 valence electrons. The largest absolute Gasteiger partial charge is 0.462 e. The summed E-state index contributed by atoms with van der Waals surface area (Å²) in [5.74, 6) is -0.552. The van der Waals surface area contributed by atoms with Gasteiger partial charge < -0.3 is 19.1 Å². The number of nitrogens with zero attached hydrogens (tertiary/aromatic N) is 3. The first-order valence-electron chi connectivity index (χ1n) is 10.4. The molecule has 2 aromatic carbocycles. The van der Waals surface area contributed by atoms with E-state index in [1.54, 1.807) is 11.5 Å². The molecule has 6 nitrogen and oxygen atoms in total. The van der Waals surface area contributed by atoms with E-state index in [1.807, 2.05) is 54.6 Å². The fourth-order valence-corrected chi connectivity index (χ4v) is 4.06. The van der Waals surface area contributed by atoms with Gasteiger partial charge in [-0.1, -0.05) is 48.5 Å². The molecule has 0 amide bonds. The van der Waals surface area contributed by atoms with Crippen molar-refractivity contribution in [1.29, 1.82) is 0 Å². The van der Waals surface area contributed by atoms with Gasteiger partial charge in [0.25, 0.3) is 5.56 Å². The van der Waals surface area contributed by atoms with E-state index in [0.717, 1.165) is 42.6 Å². The van der Waals surface area contributed by atoms with Crippen molar-refractivity contribution < 1.29 is 9.53 Å². The molecule has 0 radical (unpaired) electrons. The van der Waals surface area contributed by atoms with Crippen LogP contribution in [0.1, 0.15) is 22.8 Å². The van der Waals surface area contributed by atoms with Crippen LogP contribution in [0.5, 0.6) is 0 Å². The number of benzene rings is 2. The first-order chi connectivity index (χ1) is 14.6. The summed E-state index contributed by atoms with van der Waals surface area (Å²) in [5, 5.41) is 0.903. The third-order valence-electron chi connectivity index (χ3n) is 5.63. The maximum absolute atomic E-state index is 13.7. The molecule has 2 heterocycles. The maximum Gasteiger partial charge on any atom is 0.345 e. The summed E-state index contributed by atoms with van der Waals surface area (Å²) in [5.41, 5.74) is 2.37. The van der Waals surface area contributed by atoms with E-state index >= 15 is 0 Å². The van der Waals surface area contributed by atoms with E-state index in [4.69, 9.17) is 4.74 Å². The molecule has 0 atom stereocenters. The Morgan fingerprint density at radius 3 is 2.33 bits per heavy atom. The van der Waals surface area contributed by atoms with Gasteiger partial charge in [-0.25, -0.2) is 4.79 Å². The van der Waals surface area contributed by atoms with Gasteiger partial charge in [-0.2, -0.15) is 0 Å². The predicted molar refractivity (Wildman–Crippen MR) is 119 cm³/mol. The Kier molecular flexibility index (Phi) is 5.86. The first-order valence-corrected chi connectivity index (χ1v) is 10.4. The highest BCUT2D eigenvalue weighted by Gasteiger charge is 2.28. The molecule has 0 N–H and O–H groups in total. The summed E-state index contributed by atoms with van der Waals surface area (Å²) >= 11 is 0. The molecule has 3 aromatic rings. The summed E-state index contributed by atoms with van der Waals surface area (Å²) in [7, 11) is 2.08. The summed E-state index contributed by atoms with van der Waals surface area (Å²) < 4.78 is 7.02. The number of rotatable bonds is 5. The molecular weight excluding hydrogens is 378 g/mol. The molecule has 0 unspecified atom stereocenters. The normalized spacial score (nSPS) is 14.8. The number of aromatic nitrogens is 1. The van der Waals surface area contributed by atoms with Crippen LogP contribution in [0, 0.1) is 0 Å². The number of pyridine rings is 1. The second-order valence-electron chi connectivity index (χ2n) is 7.63. The van der Waals surface area contributed by atoms with E-state index in [-0.39, 0.29) is 17.7 Å². The summed E-state index contributed by atoms with van der Waals surface area (Å²) in [4.78, 5) is 31.0. The van der Waals surface area contributed by atoms with Crippen molar-refractivity contribution in [1.82, 2.24) is 9.47 Å². The quantitative estimate of drug-likeness (QED) is 0.611. The molecule has 0 bridgehead atoms. The van der Waals surface area contributed by atoms with Gasteiger partial charge in [0, 0.05) is 31.6 Å². The molecule has 1 aliphatic heterocycles. The topological polar surface area (TPSA) is 54.8 Å². The zero-order chi connectivity index (χ0) is 21.1. The molecule has 1 fully saturated rings. The van der Waals surface area contributed by atoms with Crippen molar-refractivity contribution in [3.8, 4) is 0 Å². The van der Waals surface area contributed by atoms with Gasteiger partial charge >= 0.3 is 5.97 Å². The van der Waals surface area contributed by atoms with Crippen LogP contribution in [0.4, 0.5) is 5.69 Å². The molecule has 0 aliphatic carbocycles. The fourth-order valence-electron chi connectivity index (χ4n) is 4.06. The number of esters is 1. The lowest BCUT2D eigenvalue weighted by molar-refractivity contribution is 0.0524. The van der Waals surface area contributed by atoms with Gasteiger partial charge in [0.2, 0.25) is 0 Å². The Bertz CT molecular complexity index is 1100. The molecule has 6 heteroatoms. The Labute approximate surface area is 176 Å². The van der Waals surface area contributed by atoms with Crippen molar-refractivity contribution >= 4 is 22.6 Å². The fraction of sp³-hybridized carbons (Fsp3) is 0.333. The van der Waals surface area contributed by atoms with E-state index in [0.29, 0.717) is 12.2 Å². The van der Waals surface area contributed by atoms with Crippen LogP contribution in [0.2, 0.25) is 0 Å². The highest BCUT2D eigenvalue weighted by atomic mass is 16.5. The Morgan fingerprint density at radius 2 is 1.63 bits per heavy atom. The predicted octanol–water partition coefficient (Wildman–Crippen LogP) is 2.98. The Morgan fingerprint density at radius 1 is 0.967 bits per heavy atom. The van der Waals surface area contributed by atoms with Gasteiger partial charge in [0.1, 0.15) is 5.56 Å². The number of para-hydroxylation sites is 1. The molecule has 1 aliphatic rings. The number of piperazine rings is 1. The van der Waals surface area contributed by atoms with Crippen LogP contribution < -0.4 is 10.5 Å². The second-order valence-corrected chi connectivity index (χ2v) is 7.63. The average molecular weight is 405 g/mol. The van der Waals surface area contributed by atoms with Crippen molar-refractivity contribution in [2.45, 2.75) is 13.5 Å². The highest BCUT2D eigenvalue weighted by molar-refractivity contribution is 6.05. The second kappa shape index (κ2) is 8.71. The van der Waals surface area contributed by atoms with Crippen LogP contribution in [-0.4, -0.2) is 55.3 Å². The SMILES string of the molecule is CCOC(=O)c1c(N2CCN(C)CC2)c2ccccc2n(Cc2ccccc2)c1=O. The average Bonchev–Trinajstić information content (AvgIpc) is 2.77. The summed E-state index contributed by atoms with van der Waals surface area (Å²) in [6, 6.07) is 17.7. The number of carbonyl (C=O) groups is 1. The number of hydrogen-bond acceptors (Lipinski definition) is 5. The van der Waals surface area contributed by atoms with E-state index in [1.165, 1.54) is 0 Å². The third kappa shape index (κ3) is 3.83. The van der Waals surface area contributed by atoms with Gasteiger partial charge in [0.05, 0.1) is 24.4 Å². The van der Waals surface area contributed by atoms with E-state index < -0.39 is 5.97 Å². The van der Waals surface area contributed by atoms with Crippen LogP contribution in [0.3, 0.4) is 0 Å². The van der Waals surface area contributed by atoms with Crippen LogP contribution in [-0.2, 0) is 11.3 Å². The van der Waals surface area contributed by atoms with Gasteiger partial charge in [-0.3, -0.25) is 4.79 Å². The van der Waals surface area contributed by atoms with Crippen LogP contribution in [0.15, 0.2) is 59.4 Å². The third-order valence-corrected chi connectivity index (χ3v) is 5.63. The number of likely N-dealkylation sites (N-methyl/N-ethyl adjacent to an activating group) is 1. The lowest BCUT2D eigenvalue weighted by atomic mass is 10.1. The number of fused-ring (bicyclic) bond motifs is 1. The summed E-state index contributed by atoms with van der Waals surface area (Å²) in [6.07, 6.45) is 0. The Hall–Kier alpha value is -3.12. The monoisotopic (exact) mass is 405 g/mol. The molecule has 1 aromatic heterocycles. The standard InChI is InChI=1S/C24H27N3O3/c1-3-30-24(29)21-22(26-15-13-25(2)14-16-26)19-11-7-8-12-20(19)27(23(21)28)17-18-9-5-4-6-10-18/h4-12H,3,13-17H2,1-2H3. The Balaban J connectivity index is 1.95. The van der Waals surface area contributed by atoms with Crippen molar-refractivity contribution in [2.75, 3.05) is 44.7 Å². The van der Waals surface area contributed by atoms with Crippen molar-refractivity contribution in [3.63, 3.8) is 0 Å². The molecule has 4 rings (SSSR count). The minimum absolute atomic E-state index is 0.135. The molecular formula is C24H27N3O3. The lowest BCUT2D eigenvalue weighted by Gasteiger charge is -2.35. The molecule has 0 spiro atoms. The number of carbonyl (C=O) groups excluding carboxylic acids is 1. The number of hydrogen-bond donors (Lipinski definition) is 0. The van der Waals surface area contributed by atoms with Crippen molar-refractivity contribution in [3.05, 3.63) is 76.1 Å². The lowest BCUT2D eigenvalue weighted by Crippen LogP contribution is -2.46. The first kappa shape index (κ1) is 20.2. The minimum atomic E-state index is -0.552. The van der Waals surface area contributed by atoms with Crippen LogP contribution in [0.25, 0.3) is 10.9 Å². The molecule has 30 heavy (non-hydrogen) atoms. The molecule has 0 saturated carbocycles. The highest BCUT2D eigenvalue weighted by Crippen LogP contribution is 2.30. The zero-order valence-corrected chi connectivity index (χ0v) is 17.5. The number of ether oxygens (including phenoxy) is 1. The minimum Gasteiger partial charge on any atom is -0.462 e. The van der Waals surface area contributed by atoms with E-state index in [9.17, 15) is 9.59 Å². The van der Waals surface area contributed by atoms with E-state index in [2.05, 4.69) is 16.8 Å². The maximum atomic E-state index is 13.7. The van der Waals surface area contributed by atoms with Gasteiger partial charge in [-0.15, -0.1) is 0 Å². The van der Waals surface area contributed by atoms with Gasteiger partial charge in [0.15, 0.2) is 0 Å². The van der Waals surface area contributed by atoms with Crippen LogP contribution >= 0.6 is 0 Å². The molecule has 1 saturated heterocycles. The zero-order valence-electron chi connectivity index (χ0n) is 17.5. The van der Waals surface area contributed by atoms with Crippen molar-refractivity contribution in [2.24, 2.45) is 0 Å². The van der Waals surface area contributed by atoms with Gasteiger partial charge in [-0.05, 0) is 25.6 Å².